The third-order valence-corrected chi connectivity index (χ3v) is 3.71. The van der Waals surface area contributed by atoms with E-state index in [1.54, 1.807) is 23.1 Å². The van der Waals surface area contributed by atoms with Crippen molar-refractivity contribution in [1.82, 2.24) is 0 Å². The minimum Gasteiger partial charge on any atom is -0.466 e. The molecule has 1 aromatic carbocycles. The van der Waals surface area contributed by atoms with E-state index >= 15 is 0 Å². The number of rotatable bonds is 4. The van der Waals surface area contributed by atoms with Crippen LogP contribution in [0.4, 0.5) is 5.69 Å². The number of aliphatic hydroxyl groups excluding tert-OH is 1. The van der Waals surface area contributed by atoms with E-state index in [-0.39, 0.29) is 31.2 Å². The predicted molar refractivity (Wildman–Crippen MR) is 81.5 cm³/mol. The van der Waals surface area contributed by atoms with Crippen LogP contribution in [0.2, 0.25) is 0 Å². The fourth-order valence-electron chi connectivity index (χ4n) is 2.47. The number of methoxy groups -OCH3 is 2. The Morgan fingerprint density at radius 3 is 2.57 bits per heavy atom. The third-order valence-electron chi connectivity index (χ3n) is 3.71. The Bertz CT molecular complexity index is 652. The molecule has 7 nitrogen and oxygen atoms in total. The number of hydrogen-bond acceptors (Lipinski definition) is 7. The molecule has 0 spiro atoms. The molecule has 1 heterocycles. The molecule has 1 N–H and O–H groups in total. The van der Waals surface area contributed by atoms with Crippen LogP contribution in [-0.4, -0.2) is 44.6 Å². The Labute approximate surface area is 134 Å². The highest BCUT2D eigenvalue weighted by Gasteiger charge is 2.33. The molecule has 7 heteroatoms. The van der Waals surface area contributed by atoms with Crippen LogP contribution < -0.4 is 4.90 Å². The lowest BCUT2D eigenvalue weighted by molar-refractivity contribution is -0.140. The van der Waals surface area contributed by atoms with E-state index in [1.807, 2.05) is 6.92 Å². The number of nitrogens with zero attached hydrogens (tertiary/aromatic N) is 1. The van der Waals surface area contributed by atoms with Gasteiger partial charge in [-0.05, 0) is 24.1 Å². The van der Waals surface area contributed by atoms with E-state index in [0.29, 0.717) is 5.69 Å². The topological polar surface area (TPSA) is 85.3 Å². The number of carbonyl (C=O) groups excluding carboxylic acids is 2. The molecule has 1 aliphatic rings. The summed E-state index contributed by atoms with van der Waals surface area (Å²) in [7, 11) is 2.48. The molecule has 2 rings (SSSR count). The van der Waals surface area contributed by atoms with Crippen molar-refractivity contribution in [3.63, 3.8) is 0 Å². The summed E-state index contributed by atoms with van der Waals surface area (Å²) in [6.07, 6.45) is 0. The highest BCUT2D eigenvalue weighted by molar-refractivity contribution is 6.03. The van der Waals surface area contributed by atoms with Crippen molar-refractivity contribution >= 4 is 17.6 Å². The average molecular weight is 321 g/mol. The van der Waals surface area contributed by atoms with Gasteiger partial charge >= 0.3 is 11.9 Å². The average Bonchev–Trinajstić information content (AvgIpc) is 2.59. The van der Waals surface area contributed by atoms with Crippen LogP contribution in [0, 0.1) is 6.92 Å². The number of ether oxygens (including phenoxy) is 3. The van der Waals surface area contributed by atoms with Crippen molar-refractivity contribution in [1.29, 1.82) is 0 Å². The van der Waals surface area contributed by atoms with Crippen LogP contribution in [0.1, 0.15) is 11.1 Å². The maximum Gasteiger partial charge on any atom is 0.355 e. The minimum atomic E-state index is -0.650. The molecule has 0 aromatic heterocycles. The zero-order chi connectivity index (χ0) is 17.0. The van der Waals surface area contributed by atoms with Crippen LogP contribution in [0.15, 0.2) is 29.5 Å². The van der Waals surface area contributed by atoms with E-state index < -0.39 is 11.9 Å². The van der Waals surface area contributed by atoms with Crippen molar-refractivity contribution in [3.05, 3.63) is 40.6 Å². The van der Waals surface area contributed by atoms with Gasteiger partial charge in [-0.25, -0.2) is 9.59 Å². The highest BCUT2D eigenvalue weighted by Crippen LogP contribution is 2.30. The van der Waals surface area contributed by atoms with Crippen molar-refractivity contribution in [2.45, 2.75) is 13.5 Å². The molecule has 0 saturated carbocycles. The fraction of sp³-hybridized carbons (Fsp3) is 0.375. The lowest BCUT2D eigenvalue weighted by Gasteiger charge is -2.32. The number of hydrogen-bond donors (Lipinski definition) is 1. The maximum atomic E-state index is 12.2. The Hall–Kier alpha value is -2.38. The van der Waals surface area contributed by atoms with Gasteiger partial charge in [-0.2, -0.15) is 0 Å². The largest absolute Gasteiger partial charge is 0.466 e. The summed E-state index contributed by atoms with van der Waals surface area (Å²) < 4.78 is 15.0. The molecule has 0 aliphatic carbocycles. The number of anilines is 1. The van der Waals surface area contributed by atoms with Crippen molar-refractivity contribution < 1.29 is 28.9 Å². The van der Waals surface area contributed by atoms with E-state index in [4.69, 9.17) is 14.2 Å². The molecular weight excluding hydrogens is 302 g/mol. The van der Waals surface area contributed by atoms with Gasteiger partial charge in [-0.1, -0.05) is 12.1 Å². The summed E-state index contributed by atoms with van der Waals surface area (Å²) in [6.45, 7) is 1.74. The van der Waals surface area contributed by atoms with Crippen molar-refractivity contribution in [2.24, 2.45) is 0 Å². The van der Waals surface area contributed by atoms with Crippen molar-refractivity contribution in [3.8, 4) is 0 Å². The number of esters is 2. The molecule has 0 saturated heterocycles. The molecule has 1 aliphatic heterocycles. The van der Waals surface area contributed by atoms with E-state index in [2.05, 4.69) is 0 Å². The van der Waals surface area contributed by atoms with E-state index in [1.165, 1.54) is 14.2 Å². The van der Waals surface area contributed by atoms with Gasteiger partial charge in [0.1, 0.15) is 12.4 Å². The molecule has 23 heavy (non-hydrogen) atoms. The van der Waals surface area contributed by atoms with Crippen LogP contribution in [0.25, 0.3) is 0 Å². The van der Waals surface area contributed by atoms with E-state index in [9.17, 15) is 14.7 Å². The van der Waals surface area contributed by atoms with Gasteiger partial charge in [0.05, 0.1) is 33.0 Å². The van der Waals surface area contributed by atoms with Gasteiger partial charge in [-0.15, -0.1) is 0 Å². The Morgan fingerprint density at radius 1 is 1.26 bits per heavy atom. The first-order valence-corrected chi connectivity index (χ1v) is 6.99. The molecule has 1 aromatic rings. The molecule has 124 valence electrons. The SMILES string of the molecule is COC(=O)C1=C(C(=O)OC)N(c2cccc(CO)c2C)COC1. The molecule has 0 atom stereocenters. The Morgan fingerprint density at radius 2 is 1.96 bits per heavy atom. The summed E-state index contributed by atoms with van der Waals surface area (Å²) in [6, 6.07) is 5.32. The second kappa shape index (κ2) is 7.26. The van der Waals surface area contributed by atoms with Gasteiger partial charge in [-0.3, -0.25) is 0 Å². The quantitative estimate of drug-likeness (QED) is 0.824. The molecule has 0 radical (unpaired) electrons. The van der Waals surface area contributed by atoms with Crippen LogP contribution in [-0.2, 0) is 30.4 Å². The monoisotopic (exact) mass is 321 g/mol. The van der Waals surface area contributed by atoms with Crippen LogP contribution in [0.3, 0.4) is 0 Å². The van der Waals surface area contributed by atoms with Gasteiger partial charge < -0.3 is 24.2 Å². The maximum absolute atomic E-state index is 12.2. The predicted octanol–water partition coefficient (Wildman–Crippen LogP) is 0.882. The molecule has 0 amide bonds. The third kappa shape index (κ3) is 3.20. The molecule has 0 unspecified atom stereocenters. The first-order valence-electron chi connectivity index (χ1n) is 6.99. The zero-order valence-corrected chi connectivity index (χ0v) is 13.3. The fourth-order valence-corrected chi connectivity index (χ4v) is 2.47. The first-order chi connectivity index (χ1) is 11.0. The normalized spacial score (nSPS) is 14.7. The van der Waals surface area contributed by atoms with Crippen LogP contribution in [0.5, 0.6) is 0 Å². The van der Waals surface area contributed by atoms with Gasteiger partial charge in [0.15, 0.2) is 0 Å². The molecular formula is C16H19NO6. The standard InChI is InChI=1S/C16H19NO6/c1-10-11(7-18)5-4-6-13(10)17-9-23-8-12(15(19)21-2)14(17)16(20)22-3/h4-6,18H,7-9H2,1-3H3. The van der Waals surface area contributed by atoms with Crippen molar-refractivity contribution in [2.75, 3.05) is 32.5 Å². The Balaban J connectivity index is 2.60. The zero-order valence-electron chi connectivity index (χ0n) is 13.3. The summed E-state index contributed by atoms with van der Waals surface area (Å²) in [4.78, 5) is 25.7. The summed E-state index contributed by atoms with van der Waals surface area (Å²) in [5.74, 6) is -1.30. The smallest absolute Gasteiger partial charge is 0.355 e. The number of benzene rings is 1. The van der Waals surface area contributed by atoms with Crippen LogP contribution >= 0.6 is 0 Å². The van der Waals surface area contributed by atoms with Gasteiger partial charge in [0.25, 0.3) is 0 Å². The highest BCUT2D eigenvalue weighted by atomic mass is 16.5. The van der Waals surface area contributed by atoms with Gasteiger partial charge in [0.2, 0.25) is 0 Å². The molecule has 0 bridgehead atoms. The summed E-state index contributed by atoms with van der Waals surface area (Å²) in [5.41, 5.74) is 2.34. The molecule has 0 fully saturated rings. The summed E-state index contributed by atoms with van der Waals surface area (Å²) in [5, 5.41) is 9.41. The first kappa shape index (κ1) is 17.0. The second-order valence-electron chi connectivity index (χ2n) is 4.94. The lowest BCUT2D eigenvalue weighted by atomic mass is 10.0. The number of carbonyl (C=O) groups is 2. The lowest BCUT2D eigenvalue weighted by Crippen LogP contribution is -2.39. The minimum absolute atomic E-state index is 0.0354. The van der Waals surface area contributed by atoms with E-state index in [0.717, 1.165) is 11.1 Å². The summed E-state index contributed by atoms with van der Waals surface area (Å²) >= 11 is 0. The Kier molecular flexibility index (Phi) is 5.36. The second-order valence-corrected chi connectivity index (χ2v) is 4.94. The van der Waals surface area contributed by atoms with Gasteiger partial charge in [0, 0.05) is 5.69 Å². The number of aliphatic hydroxyl groups is 1.